The van der Waals surface area contributed by atoms with Gasteiger partial charge < -0.3 is 5.11 Å². The highest BCUT2D eigenvalue weighted by molar-refractivity contribution is 7.91. The first-order valence-corrected chi connectivity index (χ1v) is 8.20. The number of rotatable bonds is 5. The molecule has 0 aliphatic rings. The van der Waals surface area contributed by atoms with Crippen molar-refractivity contribution < 1.29 is 18.3 Å². The lowest BCUT2D eigenvalue weighted by molar-refractivity contribution is 0.0687. The van der Waals surface area contributed by atoms with Crippen molar-refractivity contribution in [3.63, 3.8) is 0 Å². The second-order valence-corrected chi connectivity index (χ2v) is 7.42. The van der Waals surface area contributed by atoms with Crippen molar-refractivity contribution in [3.8, 4) is 0 Å². The first-order chi connectivity index (χ1) is 9.82. The summed E-state index contributed by atoms with van der Waals surface area (Å²) in [5, 5.41) is 8.97. The number of thiazole rings is 1. The van der Waals surface area contributed by atoms with Crippen LogP contribution in [0.1, 0.15) is 21.9 Å². The summed E-state index contributed by atoms with van der Waals surface area (Å²) in [4.78, 5) is 18.8. The van der Waals surface area contributed by atoms with Gasteiger partial charge in [0, 0.05) is 12.7 Å². The Labute approximate surface area is 126 Å². The zero-order valence-corrected chi connectivity index (χ0v) is 13.0. The van der Waals surface area contributed by atoms with E-state index in [1.165, 1.54) is 12.6 Å². The third-order valence-electron chi connectivity index (χ3n) is 2.71. The van der Waals surface area contributed by atoms with E-state index in [1.807, 2.05) is 13.0 Å². The number of pyridine rings is 1. The van der Waals surface area contributed by atoms with E-state index in [2.05, 4.69) is 9.97 Å². The highest BCUT2D eigenvalue weighted by Gasteiger charge is 2.29. The summed E-state index contributed by atoms with van der Waals surface area (Å²) in [6.07, 6.45) is 0. The summed E-state index contributed by atoms with van der Waals surface area (Å²) in [6, 6.07) is 5.31. The van der Waals surface area contributed by atoms with E-state index < -0.39 is 21.7 Å². The summed E-state index contributed by atoms with van der Waals surface area (Å²) < 4.78 is 25.6. The molecule has 1 N–H and O–H groups in total. The molecule has 9 heteroatoms. The van der Waals surface area contributed by atoms with Crippen molar-refractivity contribution in [3.05, 3.63) is 40.8 Å². The van der Waals surface area contributed by atoms with Gasteiger partial charge >= 0.3 is 5.97 Å². The van der Waals surface area contributed by atoms with Gasteiger partial charge in [-0.05, 0) is 19.1 Å². The van der Waals surface area contributed by atoms with Gasteiger partial charge in [0.05, 0.1) is 17.7 Å². The van der Waals surface area contributed by atoms with Crippen molar-refractivity contribution in [2.75, 3.05) is 7.05 Å². The number of carboxylic acid groups (broad SMARTS) is 1. The topological polar surface area (TPSA) is 100 Å². The number of aromatic carboxylic acids is 1. The first-order valence-electron chi connectivity index (χ1n) is 5.88. The molecule has 21 heavy (non-hydrogen) atoms. The van der Waals surface area contributed by atoms with Gasteiger partial charge in [0.15, 0.2) is 9.90 Å². The van der Waals surface area contributed by atoms with Gasteiger partial charge in [0.1, 0.15) is 0 Å². The third-order valence-corrected chi connectivity index (χ3v) is 5.86. The van der Waals surface area contributed by atoms with Crippen LogP contribution in [0.15, 0.2) is 27.9 Å². The normalized spacial score (nSPS) is 11.8. The lowest BCUT2D eigenvalue weighted by Crippen LogP contribution is -2.27. The van der Waals surface area contributed by atoms with E-state index in [0.717, 1.165) is 21.3 Å². The van der Waals surface area contributed by atoms with Gasteiger partial charge in [0.25, 0.3) is 10.0 Å². The van der Waals surface area contributed by atoms with Gasteiger partial charge in [0.2, 0.25) is 0 Å². The molecule has 0 amide bonds. The van der Waals surface area contributed by atoms with Gasteiger partial charge in [-0.2, -0.15) is 4.31 Å². The van der Waals surface area contributed by atoms with Crippen molar-refractivity contribution in [2.24, 2.45) is 0 Å². The Morgan fingerprint density at radius 2 is 2.14 bits per heavy atom. The summed E-state index contributed by atoms with van der Waals surface area (Å²) in [5.41, 5.74) is 2.11. The molecule has 0 saturated heterocycles. The number of sulfonamides is 1. The maximum Gasteiger partial charge on any atom is 0.356 e. The quantitative estimate of drug-likeness (QED) is 0.890. The maximum absolute atomic E-state index is 12.4. The fourth-order valence-electron chi connectivity index (χ4n) is 1.70. The molecule has 7 nitrogen and oxygen atoms in total. The van der Waals surface area contributed by atoms with Gasteiger partial charge in [-0.15, -0.1) is 11.3 Å². The lowest BCUT2D eigenvalue weighted by Gasteiger charge is -2.16. The Hall–Kier alpha value is -1.84. The molecule has 0 radical (unpaired) electrons. The molecule has 0 aliphatic heterocycles. The van der Waals surface area contributed by atoms with E-state index in [9.17, 15) is 13.2 Å². The molecule has 2 rings (SSSR count). The van der Waals surface area contributed by atoms with Crippen LogP contribution in [-0.4, -0.2) is 40.8 Å². The van der Waals surface area contributed by atoms with Crippen LogP contribution in [0.2, 0.25) is 0 Å². The molecule has 2 heterocycles. The second kappa shape index (κ2) is 5.88. The zero-order valence-electron chi connectivity index (χ0n) is 11.3. The Bertz CT molecular complexity index is 770. The predicted octanol–water partition coefficient (Wildman–Crippen LogP) is 1.37. The number of aryl methyl sites for hydroxylation is 1. The molecule has 0 unspecified atom stereocenters. The number of hydrogen-bond donors (Lipinski definition) is 1. The Balaban J connectivity index is 2.31. The molecule has 112 valence electrons. The largest absolute Gasteiger partial charge is 0.476 e. The minimum atomic E-state index is -3.91. The highest BCUT2D eigenvalue weighted by atomic mass is 32.2. The average molecular weight is 327 g/mol. The number of hydrogen-bond acceptors (Lipinski definition) is 6. The van der Waals surface area contributed by atoms with E-state index in [1.54, 1.807) is 12.1 Å². The lowest BCUT2D eigenvalue weighted by atomic mass is 10.3. The highest BCUT2D eigenvalue weighted by Crippen LogP contribution is 2.24. The van der Waals surface area contributed by atoms with E-state index >= 15 is 0 Å². The molecular formula is C12H13N3O4S2. The number of carbonyl (C=O) groups is 1. The van der Waals surface area contributed by atoms with Crippen LogP contribution in [0.3, 0.4) is 0 Å². The minimum Gasteiger partial charge on any atom is -0.476 e. The maximum atomic E-state index is 12.4. The second-order valence-electron chi connectivity index (χ2n) is 4.32. The van der Waals surface area contributed by atoms with Crippen molar-refractivity contribution in [1.82, 2.24) is 14.3 Å². The summed E-state index contributed by atoms with van der Waals surface area (Å²) in [7, 11) is -2.53. The van der Waals surface area contributed by atoms with Gasteiger partial charge in [-0.25, -0.2) is 18.2 Å². The first kappa shape index (κ1) is 15.5. The monoisotopic (exact) mass is 327 g/mol. The molecule has 0 aliphatic carbocycles. The van der Waals surface area contributed by atoms with Crippen LogP contribution >= 0.6 is 11.3 Å². The van der Waals surface area contributed by atoms with Crippen molar-refractivity contribution in [1.29, 1.82) is 0 Å². The van der Waals surface area contributed by atoms with E-state index in [-0.39, 0.29) is 10.8 Å². The SMILES string of the molecule is Cc1cccc(CN(C)S(=O)(=O)c2scnc2C(=O)O)n1. The van der Waals surface area contributed by atoms with Gasteiger partial charge in [-0.1, -0.05) is 6.07 Å². The number of carboxylic acids is 1. The van der Waals surface area contributed by atoms with Crippen LogP contribution in [-0.2, 0) is 16.6 Å². The summed E-state index contributed by atoms with van der Waals surface area (Å²) in [5.74, 6) is -1.36. The third kappa shape index (κ3) is 3.26. The molecule has 2 aromatic heterocycles. The molecule has 0 spiro atoms. The minimum absolute atomic E-state index is 0.0565. The van der Waals surface area contributed by atoms with Crippen LogP contribution in [0.5, 0.6) is 0 Å². The molecule has 2 aromatic rings. The number of aromatic nitrogens is 2. The summed E-state index contributed by atoms with van der Waals surface area (Å²) >= 11 is 0.785. The fourth-order valence-corrected chi connectivity index (χ4v) is 4.18. The molecule has 0 atom stereocenters. The molecule has 0 bridgehead atoms. The van der Waals surface area contributed by atoms with E-state index in [0.29, 0.717) is 5.69 Å². The molecule has 0 saturated carbocycles. The molecular weight excluding hydrogens is 314 g/mol. The van der Waals surface area contributed by atoms with Crippen LogP contribution < -0.4 is 0 Å². The number of nitrogens with zero attached hydrogens (tertiary/aromatic N) is 3. The van der Waals surface area contributed by atoms with E-state index in [4.69, 9.17) is 5.11 Å². The standard InChI is InChI=1S/C12H13N3O4S2/c1-8-4-3-5-9(14-8)6-15(2)21(18,19)12-10(11(16)17)13-7-20-12/h3-5,7H,6H2,1-2H3,(H,16,17). The fraction of sp³-hybridized carbons (Fsp3) is 0.250. The Morgan fingerprint density at radius 3 is 2.76 bits per heavy atom. The molecule has 0 fully saturated rings. The van der Waals surface area contributed by atoms with Crippen molar-refractivity contribution in [2.45, 2.75) is 17.7 Å². The smallest absolute Gasteiger partial charge is 0.356 e. The summed E-state index contributed by atoms with van der Waals surface area (Å²) in [6.45, 7) is 1.87. The van der Waals surface area contributed by atoms with Crippen LogP contribution in [0.25, 0.3) is 0 Å². The van der Waals surface area contributed by atoms with Gasteiger partial charge in [-0.3, -0.25) is 4.98 Å². The average Bonchev–Trinajstić information content (AvgIpc) is 2.88. The Kier molecular flexibility index (Phi) is 4.35. The molecule has 0 aromatic carbocycles. The Morgan fingerprint density at radius 1 is 1.43 bits per heavy atom. The van der Waals surface area contributed by atoms with Crippen LogP contribution in [0.4, 0.5) is 0 Å². The van der Waals surface area contributed by atoms with Crippen LogP contribution in [0, 0.1) is 6.92 Å². The zero-order chi connectivity index (χ0) is 15.6. The predicted molar refractivity (Wildman–Crippen MR) is 76.7 cm³/mol. The van der Waals surface area contributed by atoms with Crippen molar-refractivity contribution >= 4 is 27.3 Å².